The van der Waals surface area contributed by atoms with Crippen LogP contribution in [0.4, 0.5) is 0 Å². The molecule has 1 aromatic heterocycles. The number of nitrogens with zero attached hydrogens (tertiary/aromatic N) is 3. The molecule has 1 aromatic rings. The fraction of sp³-hybridized carbons (Fsp3) is 0.545. The minimum absolute atomic E-state index is 0.0245. The second kappa shape index (κ2) is 5.03. The van der Waals surface area contributed by atoms with E-state index in [4.69, 9.17) is 5.73 Å². The molecule has 5 heteroatoms. The van der Waals surface area contributed by atoms with Crippen LogP contribution in [-0.2, 0) is 0 Å². The number of hydrogen-bond donors (Lipinski definition) is 1. The molecule has 1 fully saturated rings. The fourth-order valence-electron chi connectivity index (χ4n) is 1.94. The summed E-state index contributed by atoms with van der Waals surface area (Å²) in [6.45, 7) is 2.27. The number of likely N-dealkylation sites (tertiary alicyclic amines) is 1. The molecule has 86 valence electrons. The maximum atomic E-state index is 12.0. The Morgan fingerprint density at radius 3 is 2.75 bits per heavy atom. The maximum Gasteiger partial charge on any atom is 0.274 e. The first-order valence-electron chi connectivity index (χ1n) is 5.56. The van der Waals surface area contributed by atoms with E-state index in [2.05, 4.69) is 9.97 Å². The smallest absolute Gasteiger partial charge is 0.274 e. The third-order valence-electron chi connectivity index (χ3n) is 3.02. The second-order valence-corrected chi connectivity index (χ2v) is 4.06. The molecule has 1 aliphatic heterocycles. The van der Waals surface area contributed by atoms with Gasteiger partial charge in [0.15, 0.2) is 0 Å². The van der Waals surface area contributed by atoms with Gasteiger partial charge in [0.1, 0.15) is 5.69 Å². The van der Waals surface area contributed by atoms with Gasteiger partial charge < -0.3 is 10.6 Å². The molecule has 0 saturated carbocycles. The van der Waals surface area contributed by atoms with Crippen LogP contribution in [0.3, 0.4) is 0 Å². The summed E-state index contributed by atoms with van der Waals surface area (Å²) >= 11 is 0. The van der Waals surface area contributed by atoms with Crippen molar-refractivity contribution in [2.24, 2.45) is 11.7 Å². The number of hydrogen-bond acceptors (Lipinski definition) is 4. The molecule has 0 atom stereocenters. The number of rotatable bonds is 2. The Labute approximate surface area is 94.7 Å². The van der Waals surface area contributed by atoms with Gasteiger partial charge in [-0.25, -0.2) is 4.98 Å². The minimum Gasteiger partial charge on any atom is -0.337 e. The van der Waals surface area contributed by atoms with E-state index >= 15 is 0 Å². The van der Waals surface area contributed by atoms with Gasteiger partial charge in [0.25, 0.3) is 5.91 Å². The van der Waals surface area contributed by atoms with Gasteiger partial charge in [-0.3, -0.25) is 9.78 Å². The van der Waals surface area contributed by atoms with Crippen molar-refractivity contribution in [3.8, 4) is 0 Å². The first-order chi connectivity index (χ1) is 7.81. The van der Waals surface area contributed by atoms with Crippen LogP contribution in [-0.4, -0.2) is 40.4 Å². The summed E-state index contributed by atoms with van der Waals surface area (Å²) in [5, 5.41) is 0. The second-order valence-electron chi connectivity index (χ2n) is 4.06. The van der Waals surface area contributed by atoms with E-state index in [0.29, 0.717) is 18.2 Å². The highest BCUT2D eigenvalue weighted by Gasteiger charge is 2.23. The van der Waals surface area contributed by atoms with Crippen molar-refractivity contribution in [1.29, 1.82) is 0 Å². The van der Waals surface area contributed by atoms with Gasteiger partial charge in [-0.1, -0.05) is 0 Å². The molecular weight excluding hydrogens is 204 g/mol. The van der Waals surface area contributed by atoms with E-state index in [1.807, 2.05) is 4.90 Å². The summed E-state index contributed by atoms with van der Waals surface area (Å²) in [6, 6.07) is 0. The van der Waals surface area contributed by atoms with E-state index in [0.717, 1.165) is 25.9 Å². The SMILES string of the molecule is NCC1CCN(C(=O)c2cnccn2)CC1. The minimum atomic E-state index is -0.0245. The van der Waals surface area contributed by atoms with Gasteiger partial charge in [-0.05, 0) is 25.3 Å². The Morgan fingerprint density at radius 1 is 1.44 bits per heavy atom. The summed E-state index contributed by atoms with van der Waals surface area (Å²) in [5.41, 5.74) is 6.03. The third-order valence-corrected chi connectivity index (χ3v) is 3.02. The van der Waals surface area contributed by atoms with Crippen LogP contribution >= 0.6 is 0 Å². The highest BCUT2D eigenvalue weighted by atomic mass is 16.2. The zero-order valence-electron chi connectivity index (χ0n) is 9.17. The van der Waals surface area contributed by atoms with Crippen molar-refractivity contribution in [3.63, 3.8) is 0 Å². The van der Waals surface area contributed by atoms with Crippen molar-refractivity contribution in [2.75, 3.05) is 19.6 Å². The summed E-state index contributed by atoms with van der Waals surface area (Å²) < 4.78 is 0. The van der Waals surface area contributed by atoms with Crippen molar-refractivity contribution in [3.05, 3.63) is 24.3 Å². The van der Waals surface area contributed by atoms with Crippen LogP contribution < -0.4 is 5.73 Å². The van der Waals surface area contributed by atoms with Gasteiger partial charge in [0.05, 0.1) is 6.20 Å². The molecule has 16 heavy (non-hydrogen) atoms. The number of piperidine rings is 1. The van der Waals surface area contributed by atoms with Crippen molar-refractivity contribution < 1.29 is 4.79 Å². The molecule has 1 aliphatic rings. The van der Waals surface area contributed by atoms with Crippen molar-refractivity contribution in [2.45, 2.75) is 12.8 Å². The van der Waals surface area contributed by atoms with E-state index in [9.17, 15) is 4.79 Å². The lowest BCUT2D eigenvalue weighted by Gasteiger charge is -2.31. The summed E-state index contributed by atoms with van der Waals surface area (Å²) in [5.74, 6) is 0.537. The van der Waals surface area contributed by atoms with Gasteiger partial charge >= 0.3 is 0 Å². The molecule has 0 spiro atoms. The third kappa shape index (κ3) is 2.36. The quantitative estimate of drug-likeness (QED) is 0.777. The maximum absolute atomic E-state index is 12.0. The first-order valence-corrected chi connectivity index (χ1v) is 5.56. The van der Waals surface area contributed by atoms with Crippen LogP contribution in [0, 0.1) is 5.92 Å². The lowest BCUT2D eigenvalue weighted by Crippen LogP contribution is -2.40. The molecular formula is C11H16N4O. The molecule has 0 bridgehead atoms. The average Bonchev–Trinajstić information content (AvgIpc) is 2.39. The van der Waals surface area contributed by atoms with Crippen LogP contribution in [0.5, 0.6) is 0 Å². The highest BCUT2D eigenvalue weighted by Crippen LogP contribution is 2.17. The predicted octanol–water partition coefficient (Wildman–Crippen LogP) is 0.287. The molecule has 2 heterocycles. The Hall–Kier alpha value is -1.49. The van der Waals surface area contributed by atoms with Crippen LogP contribution in [0.1, 0.15) is 23.3 Å². The average molecular weight is 220 g/mol. The van der Waals surface area contributed by atoms with Crippen molar-refractivity contribution >= 4 is 5.91 Å². The largest absolute Gasteiger partial charge is 0.337 e. The molecule has 2 rings (SSSR count). The topological polar surface area (TPSA) is 72.1 Å². The zero-order chi connectivity index (χ0) is 11.4. The molecule has 0 radical (unpaired) electrons. The zero-order valence-corrected chi connectivity index (χ0v) is 9.17. The molecule has 1 amide bonds. The summed E-state index contributed by atoms with van der Waals surface area (Å²) in [7, 11) is 0. The monoisotopic (exact) mass is 220 g/mol. The predicted molar refractivity (Wildman–Crippen MR) is 59.7 cm³/mol. The molecule has 0 aliphatic carbocycles. The Balaban J connectivity index is 1.97. The summed E-state index contributed by atoms with van der Waals surface area (Å²) in [6.07, 6.45) is 6.60. The lowest BCUT2D eigenvalue weighted by molar-refractivity contribution is 0.0687. The van der Waals surface area contributed by atoms with E-state index < -0.39 is 0 Å². The molecule has 5 nitrogen and oxygen atoms in total. The molecule has 1 saturated heterocycles. The van der Waals surface area contributed by atoms with Gasteiger partial charge in [-0.15, -0.1) is 0 Å². The van der Waals surface area contributed by atoms with Gasteiger partial charge in [0, 0.05) is 25.5 Å². The van der Waals surface area contributed by atoms with E-state index in [1.165, 1.54) is 6.20 Å². The fourth-order valence-corrected chi connectivity index (χ4v) is 1.94. The molecule has 0 unspecified atom stereocenters. The Morgan fingerprint density at radius 2 is 2.19 bits per heavy atom. The normalized spacial score (nSPS) is 17.4. The van der Waals surface area contributed by atoms with Gasteiger partial charge in [-0.2, -0.15) is 0 Å². The van der Waals surface area contributed by atoms with Crippen LogP contribution in [0.2, 0.25) is 0 Å². The highest BCUT2D eigenvalue weighted by molar-refractivity contribution is 5.91. The van der Waals surface area contributed by atoms with Crippen molar-refractivity contribution in [1.82, 2.24) is 14.9 Å². The lowest BCUT2D eigenvalue weighted by atomic mass is 9.97. The standard InChI is InChI=1S/C11H16N4O/c12-7-9-1-5-15(6-2-9)11(16)10-8-13-3-4-14-10/h3-4,8-9H,1-2,5-7,12H2. The number of aromatic nitrogens is 2. The van der Waals surface area contributed by atoms with E-state index in [-0.39, 0.29) is 5.91 Å². The summed E-state index contributed by atoms with van der Waals surface area (Å²) in [4.78, 5) is 21.7. The molecule has 0 aromatic carbocycles. The van der Waals surface area contributed by atoms with E-state index in [1.54, 1.807) is 12.4 Å². The number of nitrogens with two attached hydrogens (primary N) is 1. The first kappa shape index (κ1) is 11.0. The Kier molecular flexibility index (Phi) is 3.46. The number of amides is 1. The number of carbonyl (C=O) groups is 1. The Bertz CT molecular complexity index is 346. The van der Waals surface area contributed by atoms with Gasteiger partial charge in [0.2, 0.25) is 0 Å². The number of carbonyl (C=O) groups excluding carboxylic acids is 1. The van der Waals surface area contributed by atoms with Crippen LogP contribution in [0.25, 0.3) is 0 Å². The molecule has 2 N–H and O–H groups in total. The van der Waals surface area contributed by atoms with Crippen LogP contribution in [0.15, 0.2) is 18.6 Å².